The molecule has 0 aromatic heterocycles. The third-order valence-corrected chi connectivity index (χ3v) is 2.65. The van der Waals surface area contributed by atoms with Gasteiger partial charge in [0.15, 0.2) is 0 Å². The van der Waals surface area contributed by atoms with Crippen LogP contribution >= 0.6 is 0 Å². The molecule has 60 valence electrons. The fourth-order valence-corrected chi connectivity index (χ4v) is 1.80. The molecule has 1 nitrogen and oxygen atoms in total. The van der Waals surface area contributed by atoms with E-state index in [0.717, 1.165) is 11.9 Å². The first kappa shape index (κ1) is 8.41. The Morgan fingerprint density at radius 3 is 2.40 bits per heavy atom. The standard InChI is InChI=1S/C8H16OS/c1-2-9-7-3-5-8(10)6-4-7/h7-8,10H,2-6H2,1H3/p+1. The molecular formula is C8H17OS+. The van der Waals surface area contributed by atoms with Crippen molar-refractivity contribution in [2.45, 2.75) is 44.0 Å². The molecule has 0 bridgehead atoms. The van der Waals surface area contributed by atoms with E-state index in [1.54, 1.807) is 0 Å². The Labute approximate surface area is 68.6 Å². The van der Waals surface area contributed by atoms with E-state index in [0.29, 0.717) is 6.10 Å². The maximum absolute atomic E-state index is 5.51. The third-order valence-electron chi connectivity index (χ3n) is 2.08. The van der Waals surface area contributed by atoms with Crippen molar-refractivity contribution < 1.29 is 4.74 Å². The quantitative estimate of drug-likeness (QED) is 0.555. The monoisotopic (exact) mass is 161 g/mol. The summed E-state index contributed by atoms with van der Waals surface area (Å²) in [6.45, 7) is 2.94. The molecule has 1 fully saturated rings. The van der Waals surface area contributed by atoms with Gasteiger partial charge in [0.25, 0.3) is 0 Å². The van der Waals surface area contributed by atoms with Crippen LogP contribution in [0.15, 0.2) is 0 Å². The summed E-state index contributed by atoms with van der Waals surface area (Å²) in [5, 5.41) is 0.747. The lowest BCUT2D eigenvalue weighted by Gasteiger charge is -2.22. The summed E-state index contributed by atoms with van der Waals surface area (Å²) in [5.74, 6) is 0. The van der Waals surface area contributed by atoms with Gasteiger partial charge in [-0.2, -0.15) is 0 Å². The molecule has 0 aliphatic heterocycles. The van der Waals surface area contributed by atoms with Gasteiger partial charge in [-0.05, 0) is 45.2 Å². The predicted octanol–water partition coefficient (Wildman–Crippen LogP) is 1.35. The highest BCUT2D eigenvalue weighted by Crippen LogP contribution is 2.21. The lowest BCUT2D eigenvalue weighted by molar-refractivity contribution is 0.0380. The molecule has 0 aromatic rings. The number of hydrogen-bond donors (Lipinski definition) is 0. The summed E-state index contributed by atoms with van der Waals surface area (Å²) in [5.41, 5.74) is 0. The largest absolute Gasteiger partial charge is 0.379 e. The van der Waals surface area contributed by atoms with E-state index in [9.17, 15) is 0 Å². The molecule has 0 radical (unpaired) electrons. The fourth-order valence-electron chi connectivity index (χ4n) is 1.47. The molecule has 0 aromatic carbocycles. The Hall–Kier alpha value is 0.310. The second-order valence-electron chi connectivity index (χ2n) is 2.93. The zero-order valence-corrected chi connectivity index (χ0v) is 7.60. The van der Waals surface area contributed by atoms with Crippen molar-refractivity contribution in [3.05, 3.63) is 0 Å². The maximum atomic E-state index is 5.51. The first-order chi connectivity index (χ1) is 4.83. The smallest absolute Gasteiger partial charge is 0.113 e. The van der Waals surface area contributed by atoms with Gasteiger partial charge in [0.1, 0.15) is 5.25 Å². The van der Waals surface area contributed by atoms with Crippen LogP contribution < -0.4 is 0 Å². The average molecular weight is 161 g/mol. The van der Waals surface area contributed by atoms with Crippen LogP contribution in [0.3, 0.4) is 0 Å². The number of rotatable bonds is 2. The predicted molar refractivity (Wildman–Crippen MR) is 47.8 cm³/mol. The van der Waals surface area contributed by atoms with E-state index in [2.05, 4.69) is 19.6 Å². The van der Waals surface area contributed by atoms with Crippen molar-refractivity contribution in [3.8, 4) is 0 Å². The summed E-state index contributed by atoms with van der Waals surface area (Å²) in [7, 11) is 0. The minimum absolute atomic E-state index is 0.553. The van der Waals surface area contributed by atoms with Crippen LogP contribution in [-0.4, -0.2) is 18.0 Å². The Morgan fingerprint density at radius 2 is 1.90 bits per heavy atom. The summed E-state index contributed by atoms with van der Waals surface area (Å²) in [6.07, 6.45) is 5.59. The van der Waals surface area contributed by atoms with Gasteiger partial charge in [-0.25, -0.2) is 0 Å². The SMILES string of the molecule is CCOC1CCC([SH2+])CC1. The summed E-state index contributed by atoms with van der Waals surface area (Å²) >= 11 is 3.66. The highest BCUT2D eigenvalue weighted by atomic mass is 32.1. The summed E-state index contributed by atoms with van der Waals surface area (Å²) < 4.78 is 5.51. The molecule has 0 N–H and O–H groups in total. The lowest BCUT2D eigenvalue weighted by atomic mass is 9.97. The van der Waals surface area contributed by atoms with Gasteiger partial charge < -0.3 is 4.74 Å². The van der Waals surface area contributed by atoms with Gasteiger partial charge in [-0.3, -0.25) is 0 Å². The fraction of sp³-hybridized carbons (Fsp3) is 1.00. The molecule has 0 saturated heterocycles. The summed E-state index contributed by atoms with van der Waals surface area (Å²) in [6, 6.07) is 0. The zero-order valence-electron chi connectivity index (χ0n) is 6.60. The Kier molecular flexibility index (Phi) is 3.57. The second-order valence-corrected chi connectivity index (χ2v) is 3.75. The van der Waals surface area contributed by atoms with Crippen LogP contribution in [-0.2, 0) is 17.4 Å². The van der Waals surface area contributed by atoms with Gasteiger partial charge in [0.2, 0.25) is 0 Å². The van der Waals surface area contributed by atoms with Crippen molar-refractivity contribution in [2.24, 2.45) is 0 Å². The van der Waals surface area contributed by atoms with Gasteiger partial charge in [-0.15, -0.1) is 0 Å². The number of ether oxygens (including phenoxy) is 1. The van der Waals surface area contributed by atoms with Crippen LogP contribution in [0.1, 0.15) is 32.6 Å². The average Bonchev–Trinajstić information content (AvgIpc) is 1.95. The Balaban J connectivity index is 2.13. The molecule has 1 aliphatic rings. The molecule has 0 atom stereocenters. The topological polar surface area (TPSA) is 9.23 Å². The van der Waals surface area contributed by atoms with Gasteiger partial charge in [-0.1, -0.05) is 0 Å². The van der Waals surface area contributed by atoms with Crippen molar-refractivity contribution in [1.29, 1.82) is 0 Å². The van der Waals surface area contributed by atoms with Crippen molar-refractivity contribution in [1.82, 2.24) is 0 Å². The highest BCUT2D eigenvalue weighted by Gasteiger charge is 2.21. The minimum Gasteiger partial charge on any atom is -0.379 e. The van der Waals surface area contributed by atoms with Crippen LogP contribution in [0, 0.1) is 0 Å². The van der Waals surface area contributed by atoms with Crippen molar-refractivity contribution in [3.63, 3.8) is 0 Å². The first-order valence-corrected chi connectivity index (χ1v) is 4.73. The van der Waals surface area contributed by atoms with Crippen molar-refractivity contribution in [2.75, 3.05) is 6.61 Å². The van der Waals surface area contributed by atoms with E-state index in [1.165, 1.54) is 25.7 Å². The molecule has 0 heterocycles. The highest BCUT2D eigenvalue weighted by molar-refractivity contribution is 7.59. The van der Waals surface area contributed by atoms with E-state index in [-0.39, 0.29) is 0 Å². The zero-order chi connectivity index (χ0) is 7.40. The summed E-state index contributed by atoms with van der Waals surface area (Å²) in [4.78, 5) is 0. The molecule has 0 unspecified atom stereocenters. The van der Waals surface area contributed by atoms with Gasteiger partial charge in [0.05, 0.1) is 6.10 Å². The van der Waals surface area contributed by atoms with Crippen LogP contribution in [0.5, 0.6) is 0 Å². The second kappa shape index (κ2) is 4.24. The first-order valence-electron chi connectivity index (χ1n) is 4.15. The molecule has 1 aliphatic carbocycles. The van der Waals surface area contributed by atoms with E-state index in [4.69, 9.17) is 4.74 Å². The molecule has 2 heteroatoms. The van der Waals surface area contributed by atoms with Gasteiger partial charge >= 0.3 is 0 Å². The number of hydrogen-bond acceptors (Lipinski definition) is 1. The van der Waals surface area contributed by atoms with Crippen LogP contribution in [0.4, 0.5) is 0 Å². The van der Waals surface area contributed by atoms with Gasteiger partial charge in [0, 0.05) is 6.61 Å². The molecule has 1 rings (SSSR count). The van der Waals surface area contributed by atoms with E-state index >= 15 is 0 Å². The maximum Gasteiger partial charge on any atom is 0.113 e. The van der Waals surface area contributed by atoms with Crippen LogP contribution in [0.2, 0.25) is 0 Å². The third kappa shape index (κ3) is 2.51. The van der Waals surface area contributed by atoms with E-state index < -0.39 is 0 Å². The Morgan fingerprint density at radius 1 is 1.30 bits per heavy atom. The molecular weight excluding hydrogens is 144 g/mol. The molecule has 0 spiro atoms. The van der Waals surface area contributed by atoms with Crippen molar-refractivity contribution >= 4 is 12.6 Å². The Bertz CT molecular complexity index is 87.3. The van der Waals surface area contributed by atoms with E-state index in [1.807, 2.05) is 0 Å². The molecule has 10 heavy (non-hydrogen) atoms. The minimum atomic E-state index is 0.553. The normalized spacial score (nSPS) is 34.2. The molecule has 0 amide bonds. The lowest BCUT2D eigenvalue weighted by Crippen LogP contribution is -2.23. The van der Waals surface area contributed by atoms with Crippen LogP contribution in [0.25, 0.3) is 0 Å². The molecule has 1 saturated carbocycles.